The summed E-state index contributed by atoms with van der Waals surface area (Å²) in [6.45, 7) is 5.30. The van der Waals surface area contributed by atoms with E-state index in [9.17, 15) is 4.79 Å². The SMILES string of the molecule is Cc1cc(CC(=O)NCC2Cc3nnc(C)n3C2)on1. The molecule has 1 amide bonds. The Labute approximate surface area is 116 Å². The van der Waals surface area contributed by atoms with Crippen LogP contribution < -0.4 is 5.32 Å². The van der Waals surface area contributed by atoms with Gasteiger partial charge in [0.05, 0.1) is 12.1 Å². The summed E-state index contributed by atoms with van der Waals surface area (Å²) in [6, 6.07) is 1.78. The fourth-order valence-electron chi connectivity index (χ4n) is 2.51. The number of nitrogens with zero attached hydrogens (tertiary/aromatic N) is 4. The zero-order valence-corrected chi connectivity index (χ0v) is 11.6. The van der Waals surface area contributed by atoms with Crippen molar-refractivity contribution in [2.75, 3.05) is 6.54 Å². The Kier molecular flexibility index (Phi) is 3.25. The summed E-state index contributed by atoms with van der Waals surface area (Å²) in [5.41, 5.74) is 0.789. The molecule has 3 rings (SSSR count). The van der Waals surface area contributed by atoms with Gasteiger partial charge in [-0.15, -0.1) is 10.2 Å². The molecule has 1 N–H and O–H groups in total. The van der Waals surface area contributed by atoms with Crippen molar-refractivity contribution in [2.45, 2.75) is 33.2 Å². The first-order valence-corrected chi connectivity index (χ1v) is 6.69. The lowest BCUT2D eigenvalue weighted by molar-refractivity contribution is -0.120. The molecule has 3 heterocycles. The van der Waals surface area contributed by atoms with E-state index in [0.29, 0.717) is 18.2 Å². The van der Waals surface area contributed by atoms with Gasteiger partial charge >= 0.3 is 0 Å². The van der Waals surface area contributed by atoms with Crippen molar-refractivity contribution >= 4 is 5.91 Å². The highest BCUT2D eigenvalue weighted by atomic mass is 16.5. The molecule has 0 radical (unpaired) electrons. The maximum atomic E-state index is 11.8. The molecule has 1 atom stereocenters. The van der Waals surface area contributed by atoms with Crippen molar-refractivity contribution in [3.63, 3.8) is 0 Å². The van der Waals surface area contributed by atoms with Crippen LogP contribution in [0.1, 0.15) is 23.1 Å². The first-order valence-electron chi connectivity index (χ1n) is 6.69. The van der Waals surface area contributed by atoms with E-state index >= 15 is 0 Å². The van der Waals surface area contributed by atoms with Crippen molar-refractivity contribution in [3.8, 4) is 0 Å². The molecule has 1 aliphatic rings. The second-order valence-electron chi connectivity index (χ2n) is 5.26. The largest absolute Gasteiger partial charge is 0.361 e. The molecule has 20 heavy (non-hydrogen) atoms. The average molecular weight is 275 g/mol. The number of nitrogens with one attached hydrogen (secondary N) is 1. The lowest BCUT2D eigenvalue weighted by Crippen LogP contribution is -2.31. The lowest BCUT2D eigenvalue weighted by atomic mass is 10.1. The number of fused-ring (bicyclic) bond motifs is 1. The molecule has 7 nitrogen and oxygen atoms in total. The van der Waals surface area contributed by atoms with E-state index in [4.69, 9.17) is 4.52 Å². The Balaban J connectivity index is 1.47. The molecular formula is C13H17N5O2. The highest BCUT2D eigenvalue weighted by Gasteiger charge is 2.25. The predicted octanol–water partition coefficient (Wildman–Crippen LogP) is 0.414. The van der Waals surface area contributed by atoms with Gasteiger partial charge in [0, 0.05) is 31.5 Å². The number of hydrogen-bond acceptors (Lipinski definition) is 5. The second kappa shape index (κ2) is 5.07. The van der Waals surface area contributed by atoms with E-state index in [1.165, 1.54) is 0 Å². The number of carbonyl (C=O) groups excluding carboxylic acids is 1. The number of rotatable bonds is 4. The first-order chi connectivity index (χ1) is 9.61. The van der Waals surface area contributed by atoms with Crippen molar-refractivity contribution in [1.29, 1.82) is 0 Å². The highest BCUT2D eigenvalue weighted by molar-refractivity contribution is 5.77. The maximum Gasteiger partial charge on any atom is 0.227 e. The Morgan fingerprint density at radius 1 is 1.50 bits per heavy atom. The van der Waals surface area contributed by atoms with Crippen LogP contribution in [0, 0.1) is 19.8 Å². The molecule has 2 aromatic rings. The van der Waals surface area contributed by atoms with Crippen molar-refractivity contribution in [3.05, 3.63) is 29.2 Å². The van der Waals surface area contributed by atoms with Crippen molar-refractivity contribution < 1.29 is 9.32 Å². The van der Waals surface area contributed by atoms with E-state index in [2.05, 4.69) is 25.2 Å². The van der Waals surface area contributed by atoms with Gasteiger partial charge in [-0.25, -0.2) is 0 Å². The summed E-state index contributed by atoms with van der Waals surface area (Å²) in [5.74, 6) is 2.89. The number of hydrogen-bond donors (Lipinski definition) is 1. The van der Waals surface area contributed by atoms with Crippen LogP contribution in [0.3, 0.4) is 0 Å². The Bertz CT molecular complexity index is 630. The molecule has 106 valence electrons. The van der Waals surface area contributed by atoms with Crippen LogP contribution in [0.2, 0.25) is 0 Å². The van der Waals surface area contributed by atoms with Crippen LogP contribution in [-0.4, -0.2) is 32.4 Å². The number of aryl methyl sites for hydroxylation is 2. The first kappa shape index (κ1) is 12.8. The summed E-state index contributed by atoms with van der Waals surface area (Å²) in [6.07, 6.45) is 1.10. The van der Waals surface area contributed by atoms with Gasteiger partial charge in [-0.1, -0.05) is 5.16 Å². The second-order valence-corrected chi connectivity index (χ2v) is 5.26. The van der Waals surface area contributed by atoms with Gasteiger partial charge in [0.1, 0.15) is 17.4 Å². The van der Waals surface area contributed by atoms with Gasteiger partial charge < -0.3 is 14.4 Å². The quantitative estimate of drug-likeness (QED) is 0.873. The van der Waals surface area contributed by atoms with Gasteiger partial charge in [-0.3, -0.25) is 4.79 Å². The van der Waals surface area contributed by atoms with Gasteiger partial charge in [-0.05, 0) is 13.8 Å². The third-order valence-corrected chi connectivity index (χ3v) is 3.52. The van der Waals surface area contributed by atoms with Gasteiger partial charge in [0.25, 0.3) is 0 Å². The van der Waals surface area contributed by atoms with Gasteiger partial charge in [0.2, 0.25) is 5.91 Å². The van der Waals surface area contributed by atoms with Crippen LogP contribution in [0.25, 0.3) is 0 Å². The molecule has 0 aromatic carbocycles. The molecular weight excluding hydrogens is 258 g/mol. The van der Waals surface area contributed by atoms with Crippen LogP contribution in [0.15, 0.2) is 10.6 Å². The van der Waals surface area contributed by atoms with Crippen molar-refractivity contribution in [1.82, 2.24) is 25.2 Å². The monoisotopic (exact) mass is 275 g/mol. The molecule has 0 saturated heterocycles. The van der Waals surface area contributed by atoms with Crippen LogP contribution in [0.5, 0.6) is 0 Å². The third kappa shape index (κ3) is 2.56. The molecule has 2 aromatic heterocycles. The molecule has 1 unspecified atom stereocenters. The number of amides is 1. The van der Waals surface area contributed by atoms with Crippen LogP contribution in [0.4, 0.5) is 0 Å². The van der Waals surface area contributed by atoms with Gasteiger partial charge in [0.15, 0.2) is 0 Å². The Morgan fingerprint density at radius 3 is 3.05 bits per heavy atom. The molecule has 0 aliphatic carbocycles. The smallest absolute Gasteiger partial charge is 0.227 e. The fraction of sp³-hybridized carbons (Fsp3) is 0.538. The normalized spacial score (nSPS) is 17.2. The molecule has 1 aliphatic heterocycles. The van der Waals surface area contributed by atoms with E-state index in [0.717, 1.165) is 30.3 Å². The van der Waals surface area contributed by atoms with E-state index in [-0.39, 0.29) is 12.3 Å². The molecule has 0 spiro atoms. The topological polar surface area (TPSA) is 85.8 Å². The summed E-state index contributed by atoms with van der Waals surface area (Å²) >= 11 is 0. The van der Waals surface area contributed by atoms with Gasteiger partial charge in [-0.2, -0.15) is 0 Å². The fourth-order valence-corrected chi connectivity index (χ4v) is 2.51. The van der Waals surface area contributed by atoms with E-state index < -0.39 is 0 Å². The molecule has 0 saturated carbocycles. The maximum absolute atomic E-state index is 11.8. The summed E-state index contributed by atoms with van der Waals surface area (Å²) < 4.78 is 7.14. The highest BCUT2D eigenvalue weighted by Crippen LogP contribution is 2.19. The number of aromatic nitrogens is 4. The minimum absolute atomic E-state index is 0.0412. The third-order valence-electron chi connectivity index (χ3n) is 3.52. The molecule has 7 heteroatoms. The molecule has 0 fully saturated rings. The average Bonchev–Trinajstić information content (AvgIpc) is 3.07. The Morgan fingerprint density at radius 2 is 2.35 bits per heavy atom. The van der Waals surface area contributed by atoms with E-state index in [1.54, 1.807) is 6.07 Å². The van der Waals surface area contributed by atoms with Crippen molar-refractivity contribution in [2.24, 2.45) is 5.92 Å². The lowest BCUT2D eigenvalue weighted by Gasteiger charge is -2.10. The summed E-state index contributed by atoms with van der Waals surface area (Å²) in [5, 5.41) is 14.9. The standard InChI is InChI=1S/C13H17N5O2/c1-8-3-11(20-17-8)5-13(19)14-6-10-4-12-16-15-9(2)18(12)7-10/h3,10H,4-7H2,1-2H3,(H,14,19). The Hall–Kier alpha value is -2.18. The minimum Gasteiger partial charge on any atom is -0.361 e. The summed E-state index contributed by atoms with van der Waals surface area (Å²) in [4.78, 5) is 11.8. The van der Waals surface area contributed by atoms with Crippen LogP contribution in [-0.2, 0) is 24.2 Å². The number of carbonyl (C=O) groups is 1. The predicted molar refractivity (Wildman–Crippen MR) is 69.9 cm³/mol. The zero-order chi connectivity index (χ0) is 14.1. The summed E-state index contributed by atoms with van der Waals surface area (Å²) in [7, 11) is 0. The molecule has 0 bridgehead atoms. The van der Waals surface area contributed by atoms with E-state index in [1.807, 2.05) is 13.8 Å². The zero-order valence-electron chi connectivity index (χ0n) is 11.6. The van der Waals surface area contributed by atoms with Crippen LogP contribution >= 0.6 is 0 Å². The minimum atomic E-state index is -0.0412.